The Bertz CT molecular complexity index is 850. The lowest BCUT2D eigenvalue weighted by atomic mass is 9.99. The summed E-state index contributed by atoms with van der Waals surface area (Å²) in [5, 5.41) is 0. The van der Waals surface area contributed by atoms with E-state index in [-0.39, 0.29) is 11.7 Å². The van der Waals surface area contributed by atoms with Crippen molar-refractivity contribution in [2.45, 2.75) is 38.6 Å². The van der Waals surface area contributed by atoms with E-state index in [1.165, 1.54) is 12.5 Å². The summed E-state index contributed by atoms with van der Waals surface area (Å²) in [5.41, 5.74) is 2.20. The fourth-order valence-electron chi connectivity index (χ4n) is 4.49. The van der Waals surface area contributed by atoms with Crippen LogP contribution in [0.3, 0.4) is 0 Å². The summed E-state index contributed by atoms with van der Waals surface area (Å²) in [6.07, 6.45) is 6.07. The number of pyridine rings is 1. The summed E-state index contributed by atoms with van der Waals surface area (Å²) < 4.78 is 14.1. The number of rotatable bonds is 4. The third-order valence-electron chi connectivity index (χ3n) is 6.16. The van der Waals surface area contributed by atoms with Gasteiger partial charge in [0.2, 0.25) is 0 Å². The lowest BCUT2D eigenvalue weighted by Gasteiger charge is -2.38. The van der Waals surface area contributed by atoms with Crippen LogP contribution in [-0.2, 0) is 0 Å². The summed E-state index contributed by atoms with van der Waals surface area (Å²) in [6, 6.07) is 11.1. The van der Waals surface area contributed by atoms with Crippen LogP contribution in [0.1, 0.15) is 43.1 Å². The Morgan fingerprint density at radius 3 is 2.59 bits per heavy atom. The van der Waals surface area contributed by atoms with Gasteiger partial charge in [0.15, 0.2) is 0 Å². The lowest BCUT2D eigenvalue weighted by Crippen LogP contribution is -2.47. The average molecular weight is 397 g/mol. The normalized spacial score (nSPS) is 20.1. The number of hydrogen-bond donors (Lipinski definition) is 0. The standard InChI is InChI=1S/C23H29FN4O/c1-2-18-7-5-6-12-28(18)23(29)21-17-19(10-11-25-21)26-13-15-27(16-14-26)22-9-4-3-8-20(22)24/h3-4,8-11,17-18H,2,5-7,12-16H2,1H3. The molecular formula is C23H29FN4O. The Morgan fingerprint density at radius 2 is 1.83 bits per heavy atom. The Hall–Kier alpha value is -2.63. The van der Waals surface area contributed by atoms with Crippen molar-refractivity contribution < 1.29 is 9.18 Å². The van der Waals surface area contributed by atoms with E-state index in [2.05, 4.69) is 21.7 Å². The molecule has 0 radical (unpaired) electrons. The number of piperidine rings is 1. The number of halogens is 1. The zero-order valence-corrected chi connectivity index (χ0v) is 17.1. The van der Waals surface area contributed by atoms with Gasteiger partial charge in [0.1, 0.15) is 11.5 Å². The number of likely N-dealkylation sites (tertiary alicyclic amines) is 1. The first-order valence-corrected chi connectivity index (χ1v) is 10.7. The molecule has 1 unspecified atom stereocenters. The molecule has 2 aliphatic rings. The number of nitrogens with zero attached hydrogens (tertiary/aromatic N) is 4. The molecule has 0 saturated carbocycles. The van der Waals surface area contributed by atoms with Gasteiger partial charge in [0.05, 0.1) is 5.69 Å². The molecule has 0 spiro atoms. The van der Waals surface area contributed by atoms with Crippen molar-refractivity contribution in [2.75, 3.05) is 42.5 Å². The Labute approximate surface area is 172 Å². The van der Waals surface area contributed by atoms with E-state index in [1.807, 2.05) is 29.2 Å². The molecule has 1 aromatic heterocycles. The molecule has 29 heavy (non-hydrogen) atoms. The highest BCUT2D eigenvalue weighted by atomic mass is 19.1. The maximum absolute atomic E-state index is 14.1. The molecule has 3 heterocycles. The summed E-state index contributed by atoms with van der Waals surface area (Å²) in [6.45, 7) is 6.04. The average Bonchev–Trinajstić information content (AvgIpc) is 2.79. The molecule has 0 aliphatic carbocycles. The molecule has 2 saturated heterocycles. The number of hydrogen-bond acceptors (Lipinski definition) is 4. The molecule has 5 nitrogen and oxygen atoms in total. The fourth-order valence-corrected chi connectivity index (χ4v) is 4.49. The first kappa shape index (κ1) is 19.7. The molecule has 1 amide bonds. The number of aromatic nitrogens is 1. The third-order valence-corrected chi connectivity index (χ3v) is 6.16. The molecule has 1 atom stereocenters. The first-order chi connectivity index (χ1) is 14.2. The van der Waals surface area contributed by atoms with Crippen LogP contribution < -0.4 is 9.80 Å². The van der Waals surface area contributed by atoms with Crippen molar-refractivity contribution in [2.24, 2.45) is 0 Å². The van der Waals surface area contributed by atoms with E-state index in [9.17, 15) is 9.18 Å². The maximum Gasteiger partial charge on any atom is 0.272 e. The summed E-state index contributed by atoms with van der Waals surface area (Å²) >= 11 is 0. The van der Waals surface area contributed by atoms with Gasteiger partial charge in [-0.1, -0.05) is 19.1 Å². The molecule has 2 aromatic rings. The number of carbonyl (C=O) groups excluding carboxylic acids is 1. The number of anilines is 2. The number of benzene rings is 1. The Kier molecular flexibility index (Phi) is 5.97. The number of amides is 1. The molecule has 0 bridgehead atoms. The molecule has 2 aliphatic heterocycles. The van der Waals surface area contributed by atoms with E-state index < -0.39 is 0 Å². The molecule has 1 aromatic carbocycles. The van der Waals surface area contributed by atoms with Crippen LogP contribution in [0.25, 0.3) is 0 Å². The van der Waals surface area contributed by atoms with Crippen LogP contribution in [-0.4, -0.2) is 54.6 Å². The summed E-state index contributed by atoms with van der Waals surface area (Å²) in [5.74, 6) is -0.131. The quantitative estimate of drug-likeness (QED) is 0.785. The first-order valence-electron chi connectivity index (χ1n) is 10.7. The predicted octanol–water partition coefficient (Wildman–Crippen LogP) is 3.95. The van der Waals surface area contributed by atoms with Crippen molar-refractivity contribution in [3.8, 4) is 0 Å². The molecule has 0 N–H and O–H groups in total. The van der Waals surface area contributed by atoms with Gasteiger partial charge < -0.3 is 14.7 Å². The number of carbonyl (C=O) groups is 1. The molecule has 154 valence electrons. The minimum absolute atomic E-state index is 0.0448. The van der Waals surface area contributed by atoms with Gasteiger partial charge in [0, 0.05) is 50.6 Å². The second kappa shape index (κ2) is 8.80. The van der Waals surface area contributed by atoms with Gasteiger partial charge in [-0.15, -0.1) is 0 Å². The highest BCUT2D eigenvalue weighted by Gasteiger charge is 2.27. The molecular weight excluding hydrogens is 367 g/mol. The van der Waals surface area contributed by atoms with Gasteiger partial charge in [-0.3, -0.25) is 9.78 Å². The van der Waals surface area contributed by atoms with Gasteiger partial charge in [0.25, 0.3) is 5.91 Å². The second-order valence-electron chi connectivity index (χ2n) is 7.88. The zero-order chi connectivity index (χ0) is 20.2. The van der Waals surface area contributed by atoms with Crippen LogP contribution >= 0.6 is 0 Å². The topological polar surface area (TPSA) is 39.7 Å². The maximum atomic E-state index is 14.1. The van der Waals surface area contributed by atoms with Crippen molar-refractivity contribution in [3.63, 3.8) is 0 Å². The van der Waals surface area contributed by atoms with Crippen molar-refractivity contribution in [1.82, 2.24) is 9.88 Å². The van der Waals surface area contributed by atoms with Crippen LogP contribution in [0.4, 0.5) is 15.8 Å². The minimum Gasteiger partial charge on any atom is -0.368 e. The molecule has 2 fully saturated rings. The minimum atomic E-state index is -0.176. The number of piperazine rings is 1. The SMILES string of the molecule is CCC1CCCCN1C(=O)c1cc(N2CCN(c3ccccc3F)CC2)ccn1. The lowest BCUT2D eigenvalue weighted by molar-refractivity contribution is 0.0602. The Morgan fingerprint density at radius 1 is 1.07 bits per heavy atom. The second-order valence-corrected chi connectivity index (χ2v) is 7.88. The van der Waals surface area contributed by atoms with E-state index >= 15 is 0 Å². The van der Waals surface area contributed by atoms with Crippen LogP contribution in [0.2, 0.25) is 0 Å². The van der Waals surface area contributed by atoms with Crippen molar-refractivity contribution in [1.29, 1.82) is 0 Å². The molecule has 4 rings (SSSR count). The van der Waals surface area contributed by atoms with E-state index in [0.29, 0.717) is 17.4 Å². The largest absolute Gasteiger partial charge is 0.368 e. The third kappa shape index (κ3) is 4.21. The smallest absolute Gasteiger partial charge is 0.272 e. The van der Waals surface area contributed by atoms with Crippen LogP contribution in [0.15, 0.2) is 42.6 Å². The summed E-state index contributed by atoms with van der Waals surface area (Å²) in [7, 11) is 0. The van der Waals surface area contributed by atoms with Crippen molar-refractivity contribution >= 4 is 17.3 Å². The summed E-state index contributed by atoms with van der Waals surface area (Å²) in [4.78, 5) is 23.8. The van der Waals surface area contributed by atoms with E-state index in [4.69, 9.17) is 0 Å². The fraction of sp³-hybridized carbons (Fsp3) is 0.478. The zero-order valence-electron chi connectivity index (χ0n) is 17.1. The van der Waals surface area contributed by atoms with Gasteiger partial charge >= 0.3 is 0 Å². The highest BCUT2D eigenvalue weighted by molar-refractivity contribution is 5.93. The van der Waals surface area contributed by atoms with Crippen LogP contribution in [0.5, 0.6) is 0 Å². The van der Waals surface area contributed by atoms with Gasteiger partial charge in [-0.25, -0.2) is 4.39 Å². The highest BCUT2D eigenvalue weighted by Crippen LogP contribution is 2.25. The van der Waals surface area contributed by atoms with E-state index in [0.717, 1.165) is 57.7 Å². The van der Waals surface area contributed by atoms with Crippen LogP contribution in [0, 0.1) is 5.82 Å². The Balaban J connectivity index is 1.44. The van der Waals surface area contributed by atoms with E-state index in [1.54, 1.807) is 12.3 Å². The van der Waals surface area contributed by atoms with Gasteiger partial charge in [-0.2, -0.15) is 0 Å². The predicted molar refractivity (Wildman–Crippen MR) is 114 cm³/mol. The molecule has 6 heteroatoms. The van der Waals surface area contributed by atoms with Gasteiger partial charge in [-0.05, 0) is 49.9 Å². The van der Waals surface area contributed by atoms with Crippen molar-refractivity contribution in [3.05, 3.63) is 54.1 Å². The number of para-hydroxylation sites is 1. The monoisotopic (exact) mass is 396 g/mol.